The summed E-state index contributed by atoms with van der Waals surface area (Å²) in [6.07, 6.45) is -6.49. The molecule has 2 aliphatic rings. The number of hydrogen-bond acceptors (Lipinski definition) is 6. The Morgan fingerprint density at radius 3 is 2.56 bits per heavy atom. The summed E-state index contributed by atoms with van der Waals surface area (Å²) < 4.78 is 41.3. The van der Waals surface area contributed by atoms with Gasteiger partial charge in [0.25, 0.3) is 0 Å². The van der Waals surface area contributed by atoms with Crippen molar-refractivity contribution in [1.29, 1.82) is 0 Å². The molecule has 0 aromatic carbocycles. The SMILES string of the molecule is O=C1OC2CC(C(=O)C(F)(F)F)CCN2OC1=O. The number of alkyl halides is 3. The molecule has 100 valence electrons. The summed E-state index contributed by atoms with van der Waals surface area (Å²) in [6, 6.07) is 0. The zero-order valence-corrected chi connectivity index (χ0v) is 8.90. The second-order valence-corrected chi connectivity index (χ2v) is 3.96. The Morgan fingerprint density at radius 2 is 1.94 bits per heavy atom. The summed E-state index contributed by atoms with van der Waals surface area (Å²) in [6.45, 7) is -0.0871. The fourth-order valence-corrected chi connectivity index (χ4v) is 1.90. The number of carbonyl (C=O) groups is 3. The summed E-state index contributed by atoms with van der Waals surface area (Å²) >= 11 is 0. The van der Waals surface area contributed by atoms with Crippen LogP contribution in [0.3, 0.4) is 0 Å². The van der Waals surface area contributed by atoms with E-state index in [2.05, 4.69) is 9.57 Å². The lowest BCUT2D eigenvalue weighted by molar-refractivity contribution is -0.278. The number of esters is 1. The van der Waals surface area contributed by atoms with Crippen LogP contribution >= 0.6 is 0 Å². The van der Waals surface area contributed by atoms with Gasteiger partial charge in [0.2, 0.25) is 5.78 Å². The molecular formula is C9H8F3NO5. The molecule has 18 heavy (non-hydrogen) atoms. The zero-order valence-electron chi connectivity index (χ0n) is 8.90. The van der Waals surface area contributed by atoms with Crippen LogP contribution in [0.2, 0.25) is 0 Å². The maximum Gasteiger partial charge on any atom is 0.450 e. The Hall–Kier alpha value is -1.64. The number of halogens is 3. The molecule has 0 radical (unpaired) electrons. The molecule has 2 saturated heterocycles. The maximum atomic E-state index is 12.2. The molecule has 9 heteroatoms. The van der Waals surface area contributed by atoms with Crippen LogP contribution in [-0.2, 0) is 24.0 Å². The van der Waals surface area contributed by atoms with E-state index in [1.807, 2.05) is 0 Å². The second kappa shape index (κ2) is 4.23. The van der Waals surface area contributed by atoms with Gasteiger partial charge < -0.3 is 9.57 Å². The number of rotatable bonds is 1. The van der Waals surface area contributed by atoms with Crippen LogP contribution in [0.15, 0.2) is 0 Å². The minimum Gasteiger partial charge on any atom is -0.435 e. The Labute approximate surface area is 98.6 Å². The fraction of sp³-hybridized carbons (Fsp3) is 0.667. The Bertz CT molecular complexity index is 407. The van der Waals surface area contributed by atoms with Crippen LogP contribution in [0, 0.1) is 5.92 Å². The van der Waals surface area contributed by atoms with Crippen molar-refractivity contribution < 1.29 is 37.1 Å². The van der Waals surface area contributed by atoms with Crippen molar-refractivity contribution in [3.05, 3.63) is 0 Å². The number of hydrogen-bond donors (Lipinski definition) is 0. The number of hydroxylamine groups is 2. The first-order valence-electron chi connectivity index (χ1n) is 5.09. The maximum absolute atomic E-state index is 12.2. The van der Waals surface area contributed by atoms with E-state index < -0.39 is 36.0 Å². The van der Waals surface area contributed by atoms with Gasteiger partial charge in [0, 0.05) is 18.9 Å². The molecule has 2 rings (SSSR count). The van der Waals surface area contributed by atoms with E-state index in [-0.39, 0.29) is 19.4 Å². The summed E-state index contributed by atoms with van der Waals surface area (Å²) in [5.41, 5.74) is 0. The lowest BCUT2D eigenvalue weighted by Crippen LogP contribution is -2.53. The number of ether oxygens (including phenoxy) is 1. The van der Waals surface area contributed by atoms with Gasteiger partial charge in [-0.05, 0) is 6.42 Å². The highest BCUT2D eigenvalue weighted by atomic mass is 19.4. The highest BCUT2D eigenvalue weighted by Crippen LogP contribution is 2.32. The third-order valence-corrected chi connectivity index (χ3v) is 2.77. The minimum atomic E-state index is -4.91. The summed E-state index contributed by atoms with van der Waals surface area (Å²) in [4.78, 5) is 37.3. The number of nitrogens with zero attached hydrogens (tertiary/aromatic N) is 1. The molecule has 0 bridgehead atoms. The van der Waals surface area contributed by atoms with E-state index in [1.165, 1.54) is 0 Å². The molecule has 2 unspecified atom stereocenters. The normalized spacial score (nSPS) is 29.3. The minimum absolute atomic E-state index is 0.0871. The molecule has 0 saturated carbocycles. The molecule has 0 spiro atoms. The predicted molar refractivity (Wildman–Crippen MR) is 46.5 cm³/mol. The average molecular weight is 267 g/mol. The second-order valence-electron chi connectivity index (χ2n) is 3.96. The zero-order chi connectivity index (χ0) is 13.5. The van der Waals surface area contributed by atoms with Gasteiger partial charge in [-0.2, -0.15) is 13.2 Å². The van der Waals surface area contributed by atoms with E-state index in [0.717, 1.165) is 5.06 Å². The van der Waals surface area contributed by atoms with Crippen LogP contribution in [0.1, 0.15) is 12.8 Å². The molecule has 0 aliphatic carbocycles. The van der Waals surface area contributed by atoms with Crippen molar-refractivity contribution in [2.75, 3.05) is 6.54 Å². The fourth-order valence-electron chi connectivity index (χ4n) is 1.90. The van der Waals surface area contributed by atoms with E-state index >= 15 is 0 Å². The molecule has 2 atom stereocenters. The molecular weight excluding hydrogens is 259 g/mol. The Morgan fingerprint density at radius 1 is 1.28 bits per heavy atom. The predicted octanol–water partition coefficient (Wildman–Crippen LogP) is 0.171. The number of piperidine rings is 1. The third-order valence-electron chi connectivity index (χ3n) is 2.77. The van der Waals surface area contributed by atoms with Crippen molar-refractivity contribution in [2.45, 2.75) is 25.2 Å². The molecule has 2 aliphatic heterocycles. The van der Waals surface area contributed by atoms with Crippen LogP contribution in [0.25, 0.3) is 0 Å². The standard InChI is InChI=1S/C9H8F3NO5/c10-9(11,12)6(14)4-1-2-13-5(3-4)17-7(15)8(16)18-13/h4-5H,1-3H2. The molecule has 0 N–H and O–H groups in total. The van der Waals surface area contributed by atoms with Crippen LogP contribution in [-0.4, -0.2) is 41.7 Å². The van der Waals surface area contributed by atoms with Crippen LogP contribution in [0.5, 0.6) is 0 Å². The number of ketones is 1. The summed E-state index contributed by atoms with van der Waals surface area (Å²) in [7, 11) is 0. The van der Waals surface area contributed by atoms with Gasteiger partial charge in [-0.25, -0.2) is 9.59 Å². The highest BCUT2D eigenvalue weighted by Gasteiger charge is 2.49. The van der Waals surface area contributed by atoms with Crippen molar-refractivity contribution >= 4 is 17.7 Å². The number of carbonyl (C=O) groups excluding carboxylic acids is 3. The molecule has 6 nitrogen and oxygen atoms in total. The van der Waals surface area contributed by atoms with Gasteiger partial charge in [0.05, 0.1) is 0 Å². The third kappa shape index (κ3) is 2.30. The Kier molecular flexibility index (Phi) is 3.01. The van der Waals surface area contributed by atoms with Gasteiger partial charge in [-0.1, -0.05) is 5.06 Å². The van der Waals surface area contributed by atoms with E-state index in [0.29, 0.717) is 0 Å². The van der Waals surface area contributed by atoms with Crippen molar-refractivity contribution in [1.82, 2.24) is 5.06 Å². The van der Waals surface area contributed by atoms with Gasteiger partial charge >= 0.3 is 18.1 Å². The van der Waals surface area contributed by atoms with Crippen molar-refractivity contribution in [3.63, 3.8) is 0 Å². The van der Waals surface area contributed by atoms with E-state index in [4.69, 9.17) is 0 Å². The largest absolute Gasteiger partial charge is 0.450 e. The molecule has 0 amide bonds. The number of Topliss-reactive ketones (excluding diaryl/α,β-unsaturated/α-hetero) is 1. The first-order valence-corrected chi connectivity index (χ1v) is 5.09. The monoisotopic (exact) mass is 267 g/mol. The van der Waals surface area contributed by atoms with Gasteiger partial charge in [-0.3, -0.25) is 4.79 Å². The van der Waals surface area contributed by atoms with Crippen molar-refractivity contribution in [2.24, 2.45) is 5.92 Å². The first-order chi connectivity index (χ1) is 8.29. The number of fused-ring (bicyclic) bond motifs is 1. The van der Waals surface area contributed by atoms with Crippen LogP contribution < -0.4 is 0 Å². The first kappa shape index (κ1) is 12.8. The van der Waals surface area contributed by atoms with E-state index in [9.17, 15) is 27.6 Å². The smallest absolute Gasteiger partial charge is 0.435 e. The lowest BCUT2D eigenvalue weighted by Gasteiger charge is -2.38. The van der Waals surface area contributed by atoms with E-state index in [1.54, 1.807) is 0 Å². The average Bonchev–Trinajstić information content (AvgIpc) is 2.28. The molecule has 0 aromatic heterocycles. The molecule has 0 aromatic rings. The lowest BCUT2D eigenvalue weighted by atomic mass is 9.92. The van der Waals surface area contributed by atoms with Gasteiger partial charge in [-0.15, -0.1) is 0 Å². The Balaban J connectivity index is 2.04. The van der Waals surface area contributed by atoms with Crippen LogP contribution in [0.4, 0.5) is 13.2 Å². The summed E-state index contributed by atoms with van der Waals surface area (Å²) in [5.74, 6) is -5.62. The van der Waals surface area contributed by atoms with Gasteiger partial charge in [0.1, 0.15) is 0 Å². The highest BCUT2D eigenvalue weighted by molar-refractivity contribution is 6.29. The summed E-state index contributed by atoms with van der Waals surface area (Å²) in [5, 5.41) is 0.976. The quantitative estimate of drug-likeness (QED) is 0.498. The van der Waals surface area contributed by atoms with Crippen molar-refractivity contribution in [3.8, 4) is 0 Å². The van der Waals surface area contributed by atoms with Gasteiger partial charge in [0.15, 0.2) is 6.23 Å². The molecule has 2 heterocycles. The molecule has 2 fully saturated rings. The topological polar surface area (TPSA) is 72.9 Å².